The molecule has 1 aliphatic heterocycles. The highest BCUT2D eigenvalue weighted by molar-refractivity contribution is 7.85. The molecule has 3 nitrogen and oxygen atoms in total. The number of aromatic nitrogens is 1. The highest BCUT2D eigenvalue weighted by atomic mass is 32.2. The van der Waals surface area contributed by atoms with Crippen LogP contribution in [0.1, 0.15) is 22.9 Å². The molecule has 0 spiro atoms. The number of fused-ring (bicyclic) bond motifs is 3. The highest BCUT2D eigenvalue weighted by Gasteiger charge is 2.25. The lowest BCUT2D eigenvalue weighted by Gasteiger charge is -2.24. The molecule has 0 amide bonds. The summed E-state index contributed by atoms with van der Waals surface area (Å²) in [6.07, 6.45) is 1.02. The summed E-state index contributed by atoms with van der Waals surface area (Å²) in [4.78, 5) is 4.44. The molecule has 0 fully saturated rings. The van der Waals surface area contributed by atoms with E-state index in [1.54, 1.807) is 0 Å². The molecule has 2 atom stereocenters. The Morgan fingerprint density at radius 1 is 1.13 bits per heavy atom. The minimum atomic E-state index is -1.00. The summed E-state index contributed by atoms with van der Waals surface area (Å²) in [5, 5.41) is 4.83. The molecule has 2 aromatic carbocycles. The molecule has 2 N–H and O–H groups in total. The third-order valence-corrected chi connectivity index (χ3v) is 6.00. The van der Waals surface area contributed by atoms with Crippen LogP contribution in [-0.2, 0) is 17.2 Å². The Hall–Kier alpha value is -1.91. The summed E-state index contributed by atoms with van der Waals surface area (Å²) in [7, 11) is -1.00. The van der Waals surface area contributed by atoms with Crippen LogP contribution in [0.15, 0.2) is 53.4 Å². The Morgan fingerprint density at radius 3 is 2.74 bits per heavy atom. The van der Waals surface area contributed by atoms with E-state index in [1.165, 1.54) is 27.7 Å². The first-order chi connectivity index (χ1) is 11.2. The van der Waals surface area contributed by atoms with Crippen molar-refractivity contribution in [2.75, 3.05) is 12.3 Å². The number of hydrogen-bond acceptors (Lipinski definition) is 2. The molecular weight excluding hydrogens is 304 g/mol. The van der Waals surface area contributed by atoms with Crippen LogP contribution >= 0.6 is 0 Å². The minimum Gasteiger partial charge on any atom is -0.357 e. The number of rotatable bonds is 3. The second kappa shape index (κ2) is 5.95. The summed E-state index contributed by atoms with van der Waals surface area (Å²) < 4.78 is 12.7. The van der Waals surface area contributed by atoms with E-state index in [1.807, 2.05) is 31.2 Å². The van der Waals surface area contributed by atoms with Gasteiger partial charge in [-0.05, 0) is 43.7 Å². The van der Waals surface area contributed by atoms with Gasteiger partial charge in [-0.2, -0.15) is 0 Å². The number of aromatic amines is 1. The van der Waals surface area contributed by atoms with E-state index in [2.05, 4.69) is 34.6 Å². The van der Waals surface area contributed by atoms with Crippen LogP contribution in [0.5, 0.6) is 0 Å². The summed E-state index contributed by atoms with van der Waals surface area (Å²) in [5.41, 5.74) is 4.95. The number of aryl methyl sites for hydroxylation is 1. The number of nitrogens with one attached hydrogen (secondary N) is 2. The number of H-pyrrole nitrogens is 1. The molecule has 118 valence electrons. The van der Waals surface area contributed by atoms with Gasteiger partial charge in [0.05, 0.1) is 16.8 Å². The third kappa shape index (κ3) is 2.73. The smallest absolute Gasteiger partial charge is 0.0596 e. The Kier molecular flexibility index (Phi) is 3.79. The van der Waals surface area contributed by atoms with Crippen LogP contribution < -0.4 is 5.32 Å². The largest absolute Gasteiger partial charge is 0.357 e. The molecule has 1 unspecified atom stereocenters. The average Bonchev–Trinajstić information content (AvgIpc) is 2.95. The highest BCUT2D eigenvalue weighted by Crippen LogP contribution is 2.30. The molecule has 4 rings (SSSR count). The quantitative estimate of drug-likeness (QED) is 0.775. The van der Waals surface area contributed by atoms with E-state index in [4.69, 9.17) is 0 Å². The third-order valence-electron chi connectivity index (χ3n) is 4.56. The van der Waals surface area contributed by atoms with Gasteiger partial charge in [-0.15, -0.1) is 0 Å². The lowest BCUT2D eigenvalue weighted by Crippen LogP contribution is -2.33. The number of para-hydroxylation sites is 1. The van der Waals surface area contributed by atoms with Crippen LogP contribution in [0.3, 0.4) is 0 Å². The Bertz CT molecular complexity index is 867. The van der Waals surface area contributed by atoms with Crippen molar-refractivity contribution < 1.29 is 4.21 Å². The first-order valence-electron chi connectivity index (χ1n) is 8.00. The monoisotopic (exact) mass is 324 g/mol. The van der Waals surface area contributed by atoms with Crippen molar-refractivity contribution in [3.63, 3.8) is 0 Å². The van der Waals surface area contributed by atoms with Crippen LogP contribution in [0.2, 0.25) is 0 Å². The van der Waals surface area contributed by atoms with Crippen LogP contribution in [0.4, 0.5) is 0 Å². The predicted molar refractivity (Wildman–Crippen MR) is 95.2 cm³/mol. The lowest BCUT2D eigenvalue weighted by molar-refractivity contribution is 0.534. The van der Waals surface area contributed by atoms with Crippen molar-refractivity contribution in [2.24, 2.45) is 0 Å². The van der Waals surface area contributed by atoms with E-state index in [-0.39, 0.29) is 6.04 Å². The van der Waals surface area contributed by atoms with Gasteiger partial charge in [0.2, 0.25) is 0 Å². The van der Waals surface area contributed by atoms with Gasteiger partial charge in [0.1, 0.15) is 0 Å². The minimum absolute atomic E-state index is 0.119. The molecule has 0 radical (unpaired) electrons. The molecular formula is C19H20N2OS. The van der Waals surface area contributed by atoms with E-state index < -0.39 is 10.8 Å². The molecule has 0 saturated carbocycles. The zero-order valence-corrected chi connectivity index (χ0v) is 14.0. The van der Waals surface area contributed by atoms with Crippen molar-refractivity contribution in [1.82, 2.24) is 10.3 Å². The SMILES string of the molecule is Cc1ccc(S(=O)C[C@@H]2NCCc3c2[nH]c2ccccc32)cc1. The molecule has 23 heavy (non-hydrogen) atoms. The van der Waals surface area contributed by atoms with Crippen LogP contribution in [0.25, 0.3) is 10.9 Å². The van der Waals surface area contributed by atoms with E-state index >= 15 is 0 Å². The van der Waals surface area contributed by atoms with Crippen molar-refractivity contribution in [3.8, 4) is 0 Å². The molecule has 0 saturated heterocycles. The molecule has 4 heteroatoms. The van der Waals surface area contributed by atoms with Crippen molar-refractivity contribution >= 4 is 21.7 Å². The maximum atomic E-state index is 12.7. The van der Waals surface area contributed by atoms with Crippen molar-refractivity contribution in [3.05, 3.63) is 65.4 Å². The predicted octanol–water partition coefficient (Wildman–Crippen LogP) is 3.47. The van der Waals surface area contributed by atoms with Crippen LogP contribution in [0, 0.1) is 6.92 Å². The Morgan fingerprint density at radius 2 is 1.91 bits per heavy atom. The second-order valence-corrected chi connectivity index (χ2v) is 7.64. The first kappa shape index (κ1) is 14.7. The molecule has 1 aliphatic rings. The first-order valence-corrected chi connectivity index (χ1v) is 9.32. The number of benzene rings is 2. The zero-order chi connectivity index (χ0) is 15.8. The topological polar surface area (TPSA) is 44.9 Å². The van der Waals surface area contributed by atoms with E-state index in [0.717, 1.165) is 17.9 Å². The van der Waals surface area contributed by atoms with Gasteiger partial charge in [0.25, 0.3) is 0 Å². The lowest BCUT2D eigenvalue weighted by atomic mass is 10.0. The van der Waals surface area contributed by atoms with Gasteiger partial charge >= 0.3 is 0 Å². The van der Waals surface area contributed by atoms with Gasteiger partial charge in [-0.3, -0.25) is 4.21 Å². The fraction of sp³-hybridized carbons (Fsp3) is 0.263. The fourth-order valence-corrected chi connectivity index (χ4v) is 4.56. The summed E-state index contributed by atoms with van der Waals surface area (Å²) in [5.74, 6) is 0.600. The maximum absolute atomic E-state index is 12.7. The second-order valence-electron chi connectivity index (χ2n) is 6.14. The molecule has 1 aromatic heterocycles. The number of hydrogen-bond donors (Lipinski definition) is 2. The molecule has 0 aliphatic carbocycles. The fourth-order valence-electron chi connectivity index (χ4n) is 3.34. The maximum Gasteiger partial charge on any atom is 0.0596 e. The molecule has 0 bridgehead atoms. The van der Waals surface area contributed by atoms with Gasteiger partial charge in [0.15, 0.2) is 0 Å². The van der Waals surface area contributed by atoms with Gasteiger partial charge in [-0.25, -0.2) is 0 Å². The Labute approximate surface area is 138 Å². The molecule has 3 aromatic rings. The van der Waals surface area contributed by atoms with E-state index in [0.29, 0.717) is 5.75 Å². The van der Waals surface area contributed by atoms with E-state index in [9.17, 15) is 4.21 Å². The normalized spacial score (nSPS) is 18.7. The molecule has 2 heterocycles. The summed E-state index contributed by atoms with van der Waals surface area (Å²) >= 11 is 0. The standard InChI is InChI=1S/C19H20N2OS/c1-13-6-8-14(9-7-13)23(22)12-18-19-16(10-11-20-18)15-4-2-3-5-17(15)21-19/h2-9,18,20-21H,10-12H2,1H3/t18-,23?/m0/s1. The van der Waals surface area contributed by atoms with Crippen molar-refractivity contribution in [2.45, 2.75) is 24.3 Å². The average molecular weight is 324 g/mol. The zero-order valence-electron chi connectivity index (χ0n) is 13.1. The van der Waals surface area contributed by atoms with Crippen LogP contribution in [-0.4, -0.2) is 21.5 Å². The Balaban J connectivity index is 1.64. The van der Waals surface area contributed by atoms with Gasteiger partial charge in [-0.1, -0.05) is 35.9 Å². The summed E-state index contributed by atoms with van der Waals surface area (Å²) in [6, 6.07) is 16.5. The van der Waals surface area contributed by atoms with Gasteiger partial charge < -0.3 is 10.3 Å². The summed E-state index contributed by atoms with van der Waals surface area (Å²) in [6.45, 7) is 2.98. The van der Waals surface area contributed by atoms with Gasteiger partial charge in [0, 0.05) is 27.2 Å². The van der Waals surface area contributed by atoms with Crippen molar-refractivity contribution in [1.29, 1.82) is 0 Å².